The first-order chi connectivity index (χ1) is 7.24. The van der Waals surface area contributed by atoms with Crippen LogP contribution in [0.3, 0.4) is 0 Å². The van der Waals surface area contributed by atoms with E-state index in [1.54, 1.807) is 0 Å². The number of ether oxygens (including phenoxy) is 2. The van der Waals surface area contributed by atoms with E-state index in [1.807, 2.05) is 19.9 Å². The Bertz CT molecular complexity index is 329. The maximum Gasteiger partial charge on any atom is 0.164 e. The Morgan fingerprint density at radius 3 is 2.40 bits per heavy atom. The molecule has 0 aliphatic rings. The van der Waals surface area contributed by atoms with E-state index in [2.05, 4.69) is 28.7 Å². The van der Waals surface area contributed by atoms with Crippen molar-refractivity contribution in [2.45, 2.75) is 18.3 Å². The van der Waals surface area contributed by atoms with Crippen molar-refractivity contribution >= 4 is 38.0 Å². The Kier molecular flexibility index (Phi) is 5.45. The molecule has 0 amide bonds. The number of hydrogen-bond donors (Lipinski definition) is 0. The molecule has 0 saturated carbocycles. The van der Waals surface area contributed by atoms with Crippen molar-refractivity contribution in [3.63, 3.8) is 0 Å². The third-order valence-corrected chi connectivity index (χ3v) is 3.88. The normalized spacial score (nSPS) is 10.3. The summed E-state index contributed by atoms with van der Waals surface area (Å²) in [4.78, 5) is 0. The van der Waals surface area contributed by atoms with Crippen LogP contribution in [0, 0.1) is 0 Å². The van der Waals surface area contributed by atoms with Crippen LogP contribution in [-0.2, 0) is 4.43 Å². The number of rotatable bonds is 5. The molecule has 0 aliphatic carbocycles. The van der Waals surface area contributed by atoms with Gasteiger partial charge >= 0.3 is 0 Å². The van der Waals surface area contributed by atoms with Crippen LogP contribution < -0.4 is 14.7 Å². The molecule has 0 saturated heterocycles. The summed E-state index contributed by atoms with van der Waals surface area (Å²) < 4.78 is 12.2. The van der Waals surface area contributed by atoms with Gasteiger partial charge in [0.15, 0.2) is 11.5 Å². The van der Waals surface area contributed by atoms with Gasteiger partial charge in [0.1, 0.15) is 0 Å². The molecule has 1 aromatic rings. The fraction of sp³-hybridized carbons (Fsp3) is 0.455. The van der Waals surface area contributed by atoms with Gasteiger partial charge in [0.25, 0.3) is 0 Å². The summed E-state index contributed by atoms with van der Waals surface area (Å²) in [5.74, 6) is 1.83. The minimum atomic E-state index is 0.682. The zero-order valence-corrected chi connectivity index (χ0v) is 13.6. The van der Waals surface area contributed by atoms with Gasteiger partial charge in [0, 0.05) is 20.2 Å². The minimum Gasteiger partial charge on any atom is -0.490 e. The molecule has 0 aliphatic heterocycles. The molecule has 0 bridgehead atoms. The first-order valence-electron chi connectivity index (χ1n) is 5.18. The third kappa shape index (κ3) is 3.11. The van der Waals surface area contributed by atoms with Crippen molar-refractivity contribution in [1.29, 1.82) is 0 Å². The van der Waals surface area contributed by atoms with E-state index in [-0.39, 0.29) is 0 Å². The molecule has 2 nitrogen and oxygen atoms in total. The van der Waals surface area contributed by atoms with Crippen LogP contribution in [0.4, 0.5) is 0 Å². The van der Waals surface area contributed by atoms with E-state index in [0.717, 1.165) is 26.2 Å². The van der Waals surface area contributed by atoms with Crippen molar-refractivity contribution in [3.8, 4) is 11.5 Å². The van der Waals surface area contributed by atoms with Gasteiger partial charge in [-0.3, -0.25) is 0 Å². The molecular formula is C11H17IO2Si. The molecule has 1 aromatic carbocycles. The molecule has 0 radical (unpaired) electrons. The van der Waals surface area contributed by atoms with Crippen LogP contribution in [0.2, 0.25) is 0 Å². The second-order valence-corrected chi connectivity index (χ2v) is 5.03. The maximum atomic E-state index is 5.68. The lowest BCUT2D eigenvalue weighted by atomic mass is 10.2. The molecule has 0 aromatic heterocycles. The SMILES string of the molecule is CCOc1ccc([SiH3])c(CI)c1OCC. The summed E-state index contributed by atoms with van der Waals surface area (Å²) in [6.45, 7) is 5.37. The van der Waals surface area contributed by atoms with E-state index in [0.29, 0.717) is 13.2 Å². The predicted octanol–water partition coefficient (Wildman–Crippen LogP) is 1.41. The van der Waals surface area contributed by atoms with Crippen LogP contribution in [-0.4, -0.2) is 23.5 Å². The van der Waals surface area contributed by atoms with E-state index in [1.165, 1.54) is 10.8 Å². The van der Waals surface area contributed by atoms with E-state index in [9.17, 15) is 0 Å². The minimum absolute atomic E-state index is 0.682. The zero-order chi connectivity index (χ0) is 11.3. The smallest absolute Gasteiger partial charge is 0.164 e. The molecule has 0 atom stereocenters. The lowest BCUT2D eigenvalue weighted by molar-refractivity contribution is 0.286. The van der Waals surface area contributed by atoms with Gasteiger partial charge in [-0.2, -0.15) is 0 Å². The van der Waals surface area contributed by atoms with Crippen molar-refractivity contribution in [2.75, 3.05) is 13.2 Å². The zero-order valence-electron chi connectivity index (χ0n) is 9.47. The van der Waals surface area contributed by atoms with E-state index < -0.39 is 0 Å². The van der Waals surface area contributed by atoms with Gasteiger partial charge in [-0.05, 0) is 19.9 Å². The van der Waals surface area contributed by atoms with Crippen molar-refractivity contribution in [1.82, 2.24) is 0 Å². The second-order valence-electron chi connectivity index (χ2n) is 3.19. The summed E-state index contributed by atoms with van der Waals surface area (Å²) in [5.41, 5.74) is 1.30. The van der Waals surface area contributed by atoms with Crippen LogP contribution in [0.1, 0.15) is 19.4 Å². The van der Waals surface area contributed by atoms with Crippen molar-refractivity contribution in [2.24, 2.45) is 0 Å². The largest absolute Gasteiger partial charge is 0.490 e. The number of alkyl halides is 1. The Labute approximate surface area is 108 Å². The topological polar surface area (TPSA) is 18.5 Å². The summed E-state index contributed by atoms with van der Waals surface area (Å²) >= 11 is 2.38. The highest BCUT2D eigenvalue weighted by atomic mass is 127. The molecule has 1 rings (SSSR count). The van der Waals surface area contributed by atoms with Gasteiger partial charge in [-0.15, -0.1) is 0 Å². The molecule has 4 heteroatoms. The summed E-state index contributed by atoms with van der Waals surface area (Å²) in [7, 11) is 1.05. The Morgan fingerprint density at radius 2 is 1.87 bits per heavy atom. The van der Waals surface area contributed by atoms with Gasteiger partial charge < -0.3 is 9.47 Å². The Morgan fingerprint density at radius 1 is 1.20 bits per heavy atom. The molecule has 0 unspecified atom stereocenters. The van der Waals surface area contributed by atoms with Crippen LogP contribution in [0.25, 0.3) is 0 Å². The molecule has 0 N–H and O–H groups in total. The monoisotopic (exact) mass is 336 g/mol. The fourth-order valence-corrected chi connectivity index (χ4v) is 3.68. The third-order valence-electron chi connectivity index (χ3n) is 2.18. The van der Waals surface area contributed by atoms with Gasteiger partial charge in [0.2, 0.25) is 0 Å². The van der Waals surface area contributed by atoms with E-state index in [4.69, 9.17) is 9.47 Å². The molecular weight excluding hydrogens is 319 g/mol. The van der Waals surface area contributed by atoms with Gasteiger partial charge in [-0.25, -0.2) is 0 Å². The molecule has 15 heavy (non-hydrogen) atoms. The molecule has 0 heterocycles. The Hall–Kier alpha value is -0.233. The lowest BCUT2D eigenvalue weighted by Gasteiger charge is -2.15. The second kappa shape index (κ2) is 6.37. The molecule has 84 valence electrons. The van der Waals surface area contributed by atoms with Crippen LogP contribution in [0.15, 0.2) is 12.1 Å². The van der Waals surface area contributed by atoms with Crippen LogP contribution in [0.5, 0.6) is 11.5 Å². The average Bonchev–Trinajstić information content (AvgIpc) is 2.23. The molecule has 0 spiro atoms. The standard InChI is InChI=1S/C11H17IO2Si/c1-3-13-9-5-6-10(15)8(7-12)11(9)14-4-2/h5-6H,3-4,7H2,1-2,15H3. The van der Waals surface area contributed by atoms with Gasteiger partial charge in [-0.1, -0.05) is 33.8 Å². The highest BCUT2D eigenvalue weighted by Crippen LogP contribution is 2.31. The van der Waals surface area contributed by atoms with E-state index >= 15 is 0 Å². The predicted molar refractivity (Wildman–Crippen MR) is 76.1 cm³/mol. The maximum absolute atomic E-state index is 5.68. The summed E-state index contributed by atoms with van der Waals surface area (Å²) in [6.07, 6.45) is 0. The average molecular weight is 336 g/mol. The number of hydrogen-bond acceptors (Lipinski definition) is 2. The fourth-order valence-electron chi connectivity index (χ4n) is 1.44. The lowest BCUT2D eigenvalue weighted by Crippen LogP contribution is -2.12. The highest BCUT2D eigenvalue weighted by Gasteiger charge is 2.12. The van der Waals surface area contributed by atoms with Crippen molar-refractivity contribution < 1.29 is 9.47 Å². The van der Waals surface area contributed by atoms with Gasteiger partial charge in [0.05, 0.1) is 13.2 Å². The number of halogens is 1. The highest BCUT2D eigenvalue weighted by molar-refractivity contribution is 14.1. The summed E-state index contributed by atoms with van der Waals surface area (Å²) in [5, 5.41) is 1.40. The molecule has 0 fully saturated rings. The van der Waals surface area contributed by atoms with Crippen molar-refractivity contribution in [3.05, 3.63) is 17.7 Å². The summed E-state index contributed by atoms with van der Waals surface area (Å²) in [6, 6.07) is 4.17. The Balaban J connectivity index is 3.15. The first-order valence-corrected chi connectivity index (χ1v) is 7.71. The van der Waals surface area contributed by atoms with Crippen LogP contribution >= 0.6 is 22.6 Å². The number of benzene rings is 1. The quantitative estimate of drug-likeness (QED) is 0.460. The first kappa shape index (κ1) is 12.8.